The van der Waals surface area contributed by atoms with E-state index >= 15 is 0 Å². The molecule has 28 heavy (non-hydrogen) atoms. The van der Waals surface area contributed by atoms with Crippen LogP contribution < -0.4 is 15.8 Å². The minimum Gasteiger partial charge on any atom is -0.494 e. The number of aryl methyl sites for hydroxylation is 1. The van der Waals surface area contributed by atoms with Crippen LogP contribution in [-0.4, -0.2) is 51.5 Å². The van der Waals surface area contributed by atoms with Crippen molar-refractivity contribution in [1.29, 1.82) is 0 Å². The first-order chi connectivity index (χ1) is 12.7. The molecule has 0 spiro atoms. The molecule has 9 nitrogen and oxygen atoms in total. The van der Waals surface area contributed by atoms with Gasteiger partial charge in [-0.15, -0.1) is 17.5 Å². The van der Waals surface area contributed by atoms with Gasteiger partial charge in [-0.2, -0.15) is 4.68 Å². The van der Waals surface area contributed by atoms with Crippen LogP contribution in [0.15, 0.2) is 18.2 Å². The summed E-state index contributed by atoms with van der Waals surface area (Å²) < 4.78 is 12.6. The molecule has 3 rings (SSSR count). The Morgan fingerprint density at radius 1 is 1.43 bits per heavy atom. The zero-order chi connectivity index (χ0) is 19.8. The lowest BCUT2D eigenvalue weighted by Crippen LogP contribution is -2.74. The van der Waals surface area contributed by atoms with Gasteiger partial charge in [0.2, 0.25) is 5.91 Å². The number of hydrogen-bond donors (Lipinski definition) is 2. The van der Waals surface area contributed by atoms with Crippen molar-refractivity contribution in [1.82, 2.24) is 20.2 Å². The smallest absolute Gasteiger partial charge is 0.245 e. The van der Waals surface area contributed by atoms with Gasteiger partial charge in [-0.1, -0.05) is 13.8 Å². The Morgan fingerprint density at radius 3 is 2.68 bits per heavy atom. The van der Waals surface area contributed by atoms with Crippen LogP contribution in [0, 0.1) is 12.3 Å². The number of anilines is 1. The molecule has 1 aliphatic carbocycles. The van der Waals surface area contributed by atoms with Gasteiger partial charge in [-0.3, -0.25) is 4.79 Å². The van der Waals surface area contributed by atoms with Crippen LogP contribution in [0.25, 0.3) is 5.69 Å². The number of aromatic nitrogens is 4. The maximum Gasteiger partial charge on any atom is 0.245 e. The van der Waals surface area contributed by atoms with Crippen LogP contribution in [0.4, 0.5) is 5.69 Å². The van der Waals surface area contributed by atoms with Crippen LogP contribution in [0.2, 0.25) is 0 Å². The predicted octanol–water partition coefficient (Wildman–Crippen LogP) is 1.87. The fourth-order valence-electron chi connectivity index (χ4n) is 3.45. The number of carbonyl (C=O) groups is 1. The Kier molecular flexibility index (Phi) is 6.32. The third kappa shape index (κ3) is 3.45. The number of ether oxygens (including phenoxy) is 2. The molecule has 0 bridgehead atoms. The Bertz CT molecular complexity index is 856. The molecule has 2 aromatic rings. The van der Waals surface area contributed by atoms with Crippen molar-refractivity contribution >= 4 is 24.0 Å². The number of tetrazole rings is 1. The van der Waals surface area contributed by atoms with Crippen molar-refractivity contribution in [2.45, 2.75) is 45.8 Å². The molecule has 1 heterocycles. The largest absolute Gasteiger partial charge is 0.494 e. The molecular weight excluding hydrogens is 384 g/mol. The van der Waals surface area contributed by atoms with Gasteiger partial charge in [0.05, 0.1) is 13.2 Å². The van der Waals surface area contributed by atoms with Crippen molar-refractivity contribution in [2.24, 2.45) is 11.1 Å². The van der Waals surface area contributed by atoms with Gasteiger partial charge in [0.1, 0.15) is 17.0 Å². The normalized spacial score (nSPS) is 22.7. The highest BCUT2D eigenvalue weighted by molar-refractivity contribution is 6.00. The topological polar surface area (TPSA) is 117 Å². The summed E-state index contributed by atoms with van der Waals surface area (Å²) in [7, 11) is 1.57. The molecule has 1 aliphatic rings. The van der Waals surface area contributed by atoms with E-state index in [1.807, 2.05) is 20.8 Å². The number of nitrogens with one attached hydrogen (secondary N) is 1. The second-order valence-corrected chi connectivity index (χ2v) is 7.32. The zero-order valence-corrected chi connectivity index (χ0v) is 17.5. The van der Waals surface area contributed by atoms with Crippen molar-refractivity contribution in [3.8, 4) is 11.4 Å². The van der Waals surface area contributed by atoms with Gasteiger partial charge in [0.25, 0.3) is 0 Å². The molecule has 1 amide bonds. The maximum absolute atomic E-state index is 12.9. The van der Waals surface area contributed by atoms with E-state index < -0.39 is 11.0 Å². The van der Waals surface area contributed by atoms with Crippen molar-refractivity contribution in [2.75, 3.05) is 19.0 Å². The fraction of sp³-hybridized carbons (Fsp3) is 0.556. The van der Waals surface area contributed by atoms with Gasteiger partial charge in [0.15, 0.2) is 5.82 Å². The summed E-state index contributed by atoms with van der Waals surface area (Å²) in [4.78, 5) is 12.9. The summed E-state index contributed by atoms with van der Waals surface area (Å²) >= 11 is 0. The molecule has 1 aromatic heterocycles. The fourth-order valence-corrected chi connectivity index (χ4v) is 3.45. The molecule has 2 atom stereocenters. The summed E-state index contributed by atoms with van der Waals surface area (Å²) in [5.74, 6) is 0.950. The number of nitrogens with zero attached hydrogens (tertiary/aromatic N) is 4. The number of hydrogen-bond acceptors (Lipinski definition) is 7. The molecule has 1 fully saturated rings. The van der Waals surface area contributed by atoms with E-state index in [9.17, 15) is 4.79 Å². The second-order valence-electron chi connectivity index (χ2n) is 7.32. The lowest BCUT2D eigenvalue weighted by Gasteiger charge is -2.57. The lowest BCUT2D eigenvalue weighted by atomic mass is 9.54. The quantitative estimate of drug-likeness (QED) is 0.746. The molecular formula is C18H27ClN6O3. The minimum atomic E-state index is -1.00. The van der Waals surface area contributed by atoms with Crippen molar-refractivity contribution in [3.05, 3.63) is 24.0 Å². The third-order valence-electron chi connectivity index (χ3n) is 5.53. The van der Waals surface area contributed by atoms with E-state index in [0.29, 0.717) is 36.0 Å². The first-order valence-electron chi connectivity index (χ1n) is 8.90. The average molecular weight is 411 g/mol. The van der Waals surface area contributed by atoms with Crippen LogP contribution in [0.3, 0.4) is 0 Å². The molecule has 0 saturated heterocycles. The predicted molar refractivity (Wildman–Crippen MR) is 107 cm³/mol. The van der Waals surface area contributed by atoms with Crippen LogP contribution in [0.1, 0.15) is 33.0 Å². The number of benzene rings is 1. The van der Waals surface area contributed by atoms with Crippen molar-refractivity contribution < 1.29 is 14.3 Å². The molecule has 0 radical (unpaired) electrons. The molecule has 2 unspecified atom stereocenters. The maximum atomic E-state index is 12.9. The van der Waals surface area contributed by atoms with Gasteiger partial charge in [-0.25, -0.2) is 0 Å². The summed E-state index contributed by atoms with van der Waals surface area (Å²) in [5.41, 5.74) is 6.20. The van der Waals surface area contributed by atoms with E-state index in [2.05, 4.69) is 20.8 Å². The molecule has 3 N–H and O–H groups in total. The average Bonchev–Trinajstić information content (AvgIpc) is 3.07. The van der Waals surface area contributed by atoms with E-state index in [-0.39, 0.29) is 24.4 Å². The van der Waals surface area contributed by atoms with Gasteiger partial charge in [0, 0.05) is 24.1 Å². The van der Waals surface area contributed by atoms with E-state index in [0.717, 1.165) is 0 Å². The van der Waals surface area contributed by atoms with E-state index in [1.165, 1.54) is 0 Å². The number of carbonyl (C=O) groups excluding carboxylic acids is 1. The Morgan fingerprint density at radius 2 is 2.14 bits per heavy atom. The van der Waals surface area contributed by atoms with Crippen molar-refractivity contribution in [3.63, 3.8) is 0 Å². The summed E-state index contributed by atoms with van der Waals surface area (Å²) in [6, 6.07) is 5.27. The zero-order valence-electron chi connectivity index (χ0n) is 16.7. The molecule has 1 saturated carbocycles. The molecule has 10 heteroatoms. The number of nitrogens with two attached hydrogens (primary N) is 1. The minimum absolute atomic E-state index is 0. The van der Waals surface area contributed by atoms with Gasteiger partial charge < -0.3 is 20.5 Å². The summed E-state index contributed by atoms with van der Waals surface area (Å²) in [6.07, 6.45) is 0.447. The number of rotatable bonds is 6. The van der Waals surface area contributed by atoms with E-state index in [4.69, 9.17) is 15.2 Å². The Hall–Kier alpha value is -2.23. The highest BCUT2D eigenvalue weighted by Gasteiger charge is 2.62. The monoisotopic (exact) mass is 410 g/mol. The Labute approximate surface area is 170 Å². The van der Waals surface area contributed by atoms with Gasteiger partial charge in [-0.05, 0) is 42.5 Å². The highest BCUT2D eigenvalue weighted by atomic mass is 35.5. The third-order valence-corrected chi connectivity index (χ3v) is 5.53. The first kappa shape index (κ1) is 22.1. The van der Waals surface area contributed by atoms with E-state index in [1.54, 1.807) is 36.9 Å². The summed E-state index contributed by atoms with van der Waals surface area (Å²) in [6.45, 7) is 8.23. The number of amides is 1. The van der Waals surface area contributed by atoms with Crippen LogP contribution in [0.5, 0.6) is 5.75 Å². The molecule has 1 aromatic carbocycles. The highest BCUT2D eigenvalue weighted by Crippen LogP contribution is 2.50. The second kappa shape index (κ2) is 8.02. The van der Waals surface area contributed by atoms with Crippen LogP contribution >= 0.6 is 12.4 Å². The summed E-state index contributed by atoms with van der Waals surface area (Å²) in [5, 5.41) is 14.4. The number of methoxy groups -OCH3 is 1. The van der Waals surface area contributed by atoms with Crippen LogP contribution in [-0.2, 0) is 9.53 Å². The lowest BCUT2D eigenvalue weighted by molar-refractivity contribution is -0.166. The Balaban J connectivity index is 0.00000280. The first-order valence-corrected chi connectivity index (χ1v) is 8.90. The SMILES string of the molecule is CCOC1CC(N)(C(=O)Nc2ccc(OC)c(-n3nnnc3C)c2)C1(C)C.Cl. The molecule has 0 aliphatic heterocycles. The standard InChI is InChI=1S/C18H26N6O3.ClH/c1-6-27-15-10-18(19,17(15,3)4)16(25)20-12-7-8-14(26-5)13(9-12)24-11(2)21-22-23-24;/h7-9,15H,6,10,19H2,1-5H3,(H,20,25);1H. The number of halogens is 1. The molecule has 154 valence electrons. The van der Waals surface area contributed by atoms with Gasteiger partial charge >= 0.3 is 0 Å².